The number of carbonyl (C=O) groups is 2. The number of rotatable bonds is 2. The second kappa shape index (κ2) is 5.96. The molecule has 2 amide bonds. The van der Waals surface area contributed by atoms with Crippen molar-refractivity contribution in [3.63, 3.8) is 0 Å². The normalized spacial score (nSPS) is 17.5. The van der Waals surface area contributed by atoms with E-state index in [-0.39, 0.29) is 16.8 Å². The number of aliphatic imine (C=N–C) groups is 1. The fraction of sp³-hybridized carbons (Fsp3) is 0.0909. The molecule has 0 atom stereocenters. The zero-order valence-electron chi connectivity index (χ0n) is 15.6. The number of nitrogens with one attached hydrogen (secondary N) is 1. The third-order valence-electron chi connectivity index (χ3n) is 5.65. The molecule has 30 heavy (non-hydrogen) atoms. The SMILES string of the molecule is O=C1NC(=O)C(c2cnc3c(F)cccn23)=C1C1=NC=CN2CCc3cccc1c32. The number of imide groups is 1. The van der Waals surface area contributed by atoms with Gasteiger partial charge in [-0.15, -0.1) is 0 Å². The largest absolute Gasteiger partial charge is 0.345 e. The van der Waals surface area contributed by atoms with Gasteiger partial charge in [-0.25, -0.2) is 9.37 Å². The molecule has 3 aromatic rings. The van der Waals surface area contributed by atoms with Gasteiger partial charge < -0.3 is 4.90 Å². The van der Waals surface area contributed by atoms with Crippen molar-refractivity contribution in [2.45, 2.75) is 6.42 Å². The van der Waals surface area contributed by atoms with Crippen LogP contribution in [0.3, 0.4) is 0 Å². The number of hydrogen-bond donors (Lipinski definition) is 1. The van der Waals surface area contributed by atoms with E-state index in [0.29, 0.717) is 11.4 Å². The zero-order chi connectivity index (χ0) is 20.4. The molecular weight excluding hydrogens is 385 g/mol. The van der Waals surface area contributed by atoms with Crippen molar-refractivity contribution in [1.82, 2.24) is 14.7 Å². The number of halogens is 1. The molecule has 146 valence electrons. The van der Waals surface area contributed by atoms with Crippen LogP contribution in [0.2, 0.25) is 0 Å². The number of nitrogens with zero attached hydrogens (tertiary/aromatic N) is 4. The molecule has 6 rings (SSSR count). The van der Waals surface area contributed by atoms with Crippen LogP contribution in [0.1, 0.15) is 16.8 Å². The molecule has 0 unspecified atom stereocenters. The van der Waals surface area contributed by atoms with Gasteiger partial charge in [-0.1, -0.05) is 18.2 Å². The molecule has 0 saturated heterocycles. The van der Waals surface area contributed by atoms with Gasteiger partial charge in [-0.05, 0) is 24.1 Å². The molecule has 3 aliphatic rings. The van der Waals surface area contributed by atoms with Crippen LogP contribution in [-0.4, -0.2) is 33.5 Å². The number of aromatic nitrogens is 2. The van der Waals surface area contributed by atoms with E-state index in [9.17, 15) is 14.0 Å². The summed E-state index contributed by atoms with van der Waals surface area (Å²) >= 11 is 0. The Morgan fingerprint density at radius 1 is 1.07 bits per heavy atom. The van der Waals surface area contributed by atoms with Crippen LogP contribution in [0.25, 0.3) is 11.2 Å². The first-order chi connectivity index (χ1) is 14.6. The summed E-state index contributed by atoms with van der Waals surface area (Å²) in [4.78, 5) is 36.4. The van der Waals surface area contributed by atoms with Gasteiger partial charge in [0.15, 0.2) is 11.5 Å². The molecular formula is C22H14FN5O2. The molecule has 8 heteroatoms. The summed E-state index contributed by atoms with van der Waals surface area (Å²) in [6, 6.07) is 8.70. The average molecular weight is 399 g/mol. The first-order valence-corrected chi connectivity index (χ1v) is 9.49. The number of fused-ring (bicyclic) bond motifs is 1. The van der Waals surface area contributed by atoms with Gasteiger partial charge in [0.05, 0.1) is 34.4 Å². The molecule has 0 spiro atoms. The Labute approximate surface area is 169 Å². The van der Waals surface area contributed by atoms with E-state index in [4.69, 9.17) is 0 Å². The minimum atomic E-state index is -0.554. The van der Waals surface area contributed by atoms with E-state index in [1.54, 1.807) is 12.4 Å². The lowest BCUT2D eigenvalue weighted by Crippen LogP contribution is -2.25. The highest BCUT2D eigenvalue weighted by Crippen LogP contribution is 2.37. The molecule has 7 nitrogen and oxygen atoms in total. The number of carbonyl (C=O) groups excluding carboxylic acids is 2. The Bertz CT molecular complexity index is 1380. The number of imidazole rings is 1. The Balaban J connectivity index is 1.64. The third-order valence-corrected chi connectivity index (χ3v) is 5.65. The zero-order valence-corrected chi connectivity index (χ0v) is 15.6. The van der Waals surface area contributed by atoms with Crippen LogP contribution in [-0.2, 0) is 16.0 Å². The fourth-order valence-electron chi connectivity index (χ4n) is 4.37. The molecule has 3 aliphatic heterocycles. The predicted octanol–water partition coefficient (Wildman–Crippen LogP) is 2.22. The minimum Gasteiger partial charge on any atom is -0.345 e. The van der Waals surface area contributed by atoms with Crippen molar-refractivity contribution >= 4 is 34.4 Å². The number of hydrogen-bond acceptors (Lipinski definition) is 5. The fourth-order valence-corrected chi connectivity index (χ4v) is 4.37. The highest BCUT2D eigenvalue weighted by atomic mass is 19.1. The maximum absolute atomic E-state index is 14.2. The van der Waals surface area contributed by atoms with Crippen LogP contribution in [0.4, 0.5) is 10.1 Å². The molecule has 1 N–H and O–H groups in total. The van der Waals surface area contributed by atoms with Crippen LogP contribution in [0.5, 0.6) is 0 Å². The Morgan fingerprint density at radius 2 is 1.93 bits per heavy atom. The maximum atomic E-state index is 14.2. The molecule has 0 radical (unpaired) electrons. The van der Waals surface area contributed by atoms with Crippen LogP contribution in [0.15, 0.2) is 65.7 Å². The molecule has 0 saturated carbocycles. The van der Waals surface area contributed by atoms with Gasteiger partial charge >= 0.3 is 0 Å². The van der Waals surface area contributed by atoms with Crippen molar-refractivity contribution in [3.8, 4) is 0 Å². The van der Waals surface area contributed by atoms with Gasteiger partial charge in [0.2, 0.25) is 0 Å². The lowest BCUT2D eigenvalue weighted by Gasteiger charge is -2.17. The summed E-state index contributed by atoms with van der Waals surface area (Å²) in [6.45, 7) is 0.829. The van der Waals surface area contributed by atoms with Crippen LogP contribution < -0.4 is 10.2 Å². The lowest BCUT2D eigenvalue weighted by molar-refractivity contribution is -0.123. The smallest absolute Gasteiger partial charge is 0.261 e. The summed E-state index contributed by atoms with van der Waals surface area (Å²) in [7, 11) is 0. The molecule has 5 heterocycles. The third kappa shape index (κ3) is 2.18. The molecule has 2 aromatic heterocycles. The molecule has 0 aliphatic carbocycles. The van der Waals surface area contributed by atoms with Crippen molar-refractivity contribution < 1.29 is 14.0 Å². The first-order valence-electron chi connectivity index (χ1n) is 9.49. The minimum absolute atomic E-state index is 0.0842. The van der Waals surface area contributed by atoms with Gasteiger partial charge in [0.1, 0.15) is 0 Å². The van der Waals surface area contributed by atoms with Crippen molar-refractivity contribution in [2.75, 3.05) is 11.4 Å². The van der Waals surface area contributed by atoms with E-state index in [1.807, 2.05) is 18.3 Å². The van der Waals surface area contributed by atoms with Gasteiger partial charge in [0, 0.05) is 30.7 Å². The highest BCUT2D eigenvalue weighted by Gasteiger charge is 2.38. The number of anilines is 1. The summed E-state index contributed by atoms with van der Waals surface area (Å²) < 4.78 is 15.6. The van der Waals surface area contributed by atoms with E-state index in [0.717, 1.165) is 29.8 Å². The van der Waals surface area contributed by atoms with Crippen molar-refractivity contribution in [1.29, 1.82) is 0 Å². The molecule has 0 bridgehead atoms. The Hall–Kier alpha value is -4.07. The predicted molar refractivity (Wildman–Crippen MR) is 108 cm³/mol. The van der Waals surface area contributed by atoms with Gasteiger partial charge in [-0.2, -0.15) is 0 Å². The number of benzene rings is 1. The Morgan fingerprint density at radius 3 is 2.83 bits per heavy atom. The van der Waals surface area contributed by atoms with Crippen molar-refractivity contribution in [3.05, 3.63) is 83.3 Å². The highest BCUT2D eigenvalue weighted by molar-refractivity contribution is 6.47. The second-order valence-electron chi connectivity index (χ2n) is 7.26. The second-order valence-corrected chi connectivity index (χ2v) is 7.26. The molecule has 0 fully saturated rings. The summed E-state index contributed by atoms with van der Waals surface area (Å²) in [5.41, 5.74) is 4.07. The first kappa shape index (κ1) is 16.8. The van der Waals surface area contributed by atoms with Crippen LogP contribution in [0, 0.1) is 5.82 Å². The van der Waals surface area contributed by atoms with Crippen LogP contribution >= 0.6 is 0 Å². The summed E-state index contributed by atoms with van der Waals surface area (Å²) in [6.07, 6.45) is 7.42. The van der Waals surface area contributed by atoms with E-state index >= 15 is 0 Å². The van der Waals surface area contributed by atoms with E-state index < -0.39 is 17.6 Å². The summed E-state index contributed by atoms with van der Waals surface area (Å²) in [5, 5.41) is 2.37. The number of amides is 2. The number of pyridine rings is 1. The molecule has 1 aromatic carbocycles. The standard InChI is InChI=1S/C22H14FN5O2/c23-14-5-2-8-28-15(11-25-20(14)28)16-17(22(30)26-21(16)29)18-13-4-1-3-12-6-9-27(19(12)13)10-7-24-18/h1-5,7-8,10-11H,6,9H2,(H,26,29,30). The van der Waals surface area contributed by atoms with E-state index in [1.165, 1.54) is 22.7 Å². The summed E-state index contributed by atoms with van der Waals surface area (Å²) in [5.74, 6) is -1.60. The van der Waals surface area contributed by atoms with Crippen molar-refractivity contribution in [2.24, 2.45) is 4.99 Å². The average Bonchev–Trinajstić information content (AvgIpc) is 3.38. The lowest BCUT2D eigenvalue weighted by atomic mass is 9.94. The Kier molecular flexibility index (Phi) is 3.35. The number of para-hydroxylation sites is 1. The topological polar surface area (TPSA) is 79.1 Å². The van der Waals surface area contributed by atoms with E-state index in [2.05, 4.69) is 26.3 Å². The van der Waals surface area contributed by atoms with Gasteiger partial charge in [0.25, 0.3) is 11.8 Å². The quantitative estimate of drug-likeness (QED) is 0.671. The van der Waals surface area contributed by atoms with Gasteiger partial charge in [-0.3, -0.25) is 24.3 Å². The monoisotopic (exact) mass is 399 g/mol. The maximum Gasteiger partial charge on any atom is 0.261 e.